The highest BCUT2D eigenvalue weighted by Gasteiger charge is 2.02. The van der Waals surface area contributed by atoms with Crippen LogP contribution in [0.2, 0.25) is 0 Å². The first-order chi connectivity index (χ1) is 18.8. The standard InChI is InChI=1S/C37H74O/c1-3-5-7-9-11-13-15-17-18-19-20-21-22-23-24-26-28-30-32-34-36-37(38)35-33-31-29-27-25-16-14-12-10-8-6-4-2/h3-36H2,1-2H3. The van der Waals surface area contributed by atoms with Crippen LogP contribution in [0.3, 0.4) is 0 Å². The number of hydrogen-bond donors (Lipinski definition) is 0. The summed E-state index contributed by atoms with van der Waals surface area (Å²) >= 11 is 0. The van der Waals surface area contributed by atoms with Crippen molar-refractivity contribution in [1.82, 2.24) is 0 Å². The van der Waals surface area contributed by atoms with Crippen LogP contribution < -0.4 is 0 Å². The maximum absolute atomic E-state index is 12.1. The molecule has 0 aliphatic carbocycles. The molecule has 0 fully saturated rings. The molecule has 228 valence electrons. The van der Waals surface area contributed by atoms with Crippen molar-refractivity contribution in [3.63, 3.8) is 0 Å². The van der Waals surface area contributed by atoms with Crippen LogP contribution >= 0.6 is 0 Å². The molecular formula is C37H74O. The summed E-state index contributed by atoms with van der Waals surface area (Å²) in [6.07, 6.45) is 46.4. The predicted molar refractivity (Wildman–Crippen MR) is 173 cm³/mol. The van der Waals surface area contributed by atoms with Gasteiger partial charge in [0, 0.05) is 12.8 Å². The van der Waals surface area contributed by atoms with E-state index in [0.29, 0.717) is 5.78 Å². The highest BCUT2D eigenvalue weighted by atomic mass is 16.1. The summed E-state index contributed by atoms with van der Waals surface area (Å²) in [7, 11) is 0. The summed E-state index contributed by atoms with van der Waals surface area (Å²) in [6.45, 7) is 4.59. The summed E-state index contributed by atoms with van der Waals surface area (Å²) in [5.74, 6) is 0.527. The van der Waals surface area contributed by atoms with Gasteiger partial charge >= 0.3 is 0 Å². The minimum absolute atomic E-state index is 0.527. The van der Waals surface area contributed by atoms with E-state index >= 15 is 0 Å². The van der Waals surface area contributed by atoms with Crippen LogP contribution in [0.4, 0.5) is 0 Å². The monoisotopic (exact) mass is 535 g/mol. The van der Waals surface area contributed by atoms with E-state index in [1.54, 1.807) is 0 Å². The maximum atomic E-state index is 12.1. The van der Waals surface area contributed by atoms with E-state index in [4.69, 9.17) is 0 Å². The topological polar surface area (TPSA) is 17.1 Å². The van der Waals surface area contributed by atoms with Gasteiger partial charge < -0.3 is 0 Å². The first kappa shape index (κ1) is 37.7. The van der Waals surface area contributed by atoms with Gasteiger partial charge in [-0.15, -0.1) is 0 Å². The number of carbonyl (C=O) groups is 1. The van der Waals surface area contributed by atoms with E-state index in [-0.39, 0.29) is 0 Å². The van der Waals surface area contributed by atoms with Gasteiger partial charge in [0.1, 0.15) is 5.78 Å². The molecule has 1 nitrogen and oxygen atoms in total. The van der Waals surface area contributed by atoms with Gasteiger partial charge in [0.05, 0.1) is 0 Å². The lowest BCUT2D eigenvalue weighted by Crippen LogP contribution is -1.97. The van der Waals surface area contributed by atoms with Crippen LogP contribution in [0.25, 0.3) is 0 Å². The molecule has 0 N–H and O–H groups in total. The van der Waals surface area contributed by atoms with Gasteiger partial charge in [-0.2, -0.15) is 0 Å². The average molecular weight is 535 g/mol. The SMILES string of the molecule is CCCCCCCCCCCCCCCCCCCCCCC(=O)CCCCCCCCCCCCCC. The van der Waals surface area contributed by atoms with Crippen LogP contribution in [0.15, 0.2) is 0 Å². The largest absolute Gasteiger partial charge is 0.300 e. The van der Waals surface area contributed by atoms with Crippen molar-refractivity contribution in [2.24, 2.45) is 0 Å². The lowest BCUT2D eigenvalue weighted by Gasteiger charge is -2.04. The molecule has 0 bridgehead atoms. The second-order valence-corrected chi connectivity index (χ2v) is 12.6. The Hall–Kier alpha value is -0.330. The van der Waals surface area contributed by atoms with Crippen LogP contribution in [-0.4, -0.2) is 5.78 Å². The van der Waals surface area contributed by atoms with E-state index in [1.807, 2.05) is 0 Å². The molecule has 0 saturated heterocycles. The highest BCUT2D eigenvalue weighted by molar-refractivity contribution is 5.78. The molecule has 0 heterocycles. The van der Waals surface area contributed by atoms with Crippen molar-refractivity contribution in [2.45, 2.75) is 232 Å². The minimum atomic E-state index is 0.527. The molecule has 1 heteroatoms. The molecule has 0 spiro atoms. The van der Waals surface area contributed by atoms with Gasteiger partial charge in [-0.25, -0.2) is 0 Å². The quantitative estimate of drug-likeness (QED) is 0.0750. The molecule has 0 aromatic heterocycles. The van der Waals surface area contributed by atoms with Crippen molar-refractivity contribution >= 4 is 5.78 Å². The van der Waals surface area contributed by atoms with Gasteiger partial charge in [-0.05, 0) is 12.8 Å². The molecule has 0 unspecified atom stereocenters. The van der Waals surface area contributed by atoms with Crippen molar-refractivity contribution in [3.05, 3.63) is 0 Å². The Kier molecular flexibility index (Phi) is 34.4. The fraction of sp³-hybridized carbons (Fsp3) is 0.973. The molecule has 0 rings (SSSR count). The van der Waals surface area contributed by atoms with Crippen molar-refractivity contribution in [1.29, 1.82) is 0 Å². The summed E-state index contributed by atoms with van der Waals surface area (Å²) < 4.78 is 0. The molecule has 0 aromatic rings. The van der Waals surface area contributed by atoms with Crippen molar-refractivity contribution in [3.8, 4) is 0 Å². The third kappa shape index (κ3) is 33.7. The molecule has 0 aliphatic heterocycles. The van der Waals surface area contributed by atoms with E-state index < -0.39 is 0 Å². The molecule has 38 heavy (non-hydrogen) atoms. The Morgan fingerprint density at radius 3 is 0.605 bits per heavy atom. The summed E-state index contributed by atoms with van der Waals surface area (Å²) in [4.78, 5) is 12.1. The zero-order valence-electron chi connectivity index (χ0n) is 26.9. The average Bonchev–Trinajstić information content (AvgIpc) is 2.92. The lowest BCUT2D eigenvalue weighted by molar-refractivity contribution is -0.119. The fourth-order valence-corrected chi connectivity index (χ4v) is 5.87. The molecular weight excluding hydrogens is 460 g/mol. The van der Waals surface area contributed by atoms with Gasteiger partial charge in [-0.1, -0.05) is 206 Å². The Morgan fingerprint density at radius 2 is 0.421 bits per heavy atom. The normalized spacial score (nSPS) is 11.4. The number of Topliss-reactive ketones (excluding diaryl/α,β-unsaturated/α-hetero) is 1. The van der Waals surface area contributed by atoms with Crippen LogP contribution in [0.1, 0.15) is 232 Å². The van der Waals surface area contributed by atoms with Gasteiger partial charge in [-0.3, -0.25) is 4.79 Å². The summed E-state index contributed by atoms with van der Waals surface area (Å²) in [5.41, 5.74) is 0. The second-order valence-electron chi connectivity index (χ2n) is 12.6. The van der Waals surface area contributed by atoms with Gasteiger partial charge in [0.25, 0.3) is 0 Å². The van der Waals surface area contributed by atoms with Crippen molar-refractivity contribution < 1.29 is 4.79 Å². The van der Waals surface area contributed by atoms with Gasteiger partial charge in [0.2, 0.25) is 0 Å². The first-order valence-electron chi connectivity index (χ1n) is 18.3. The fourth-order valence-electron chi connectivity index (χ4n) is 5.87. The molecule has 0 amide bonds. The van der Waals surface area contributed by atoms with Crippen LogP contribution in [-0.2, 0) is 4.79 Å². The summed E-state index contributed by atoms with van der Waals surface area (Å²) in [5, 5.41) is 0. The van der Waals surface area contributed by atoms with Crippen molar-refractivity contribution in [2.75, 3.05) is 0 Å². The third-order valence-corrected chi connectivity index (χ3v) is 8.62. The third-order valence-electron chi connectivity index (χ3n) is 8.62. The Balaban J connectivity index is 3.13. The first-order valence-corrected chi connectivity index (χ1v) is 18.3. The smallest absolute Gasteiger partial charge is 0.132 e. The van der Waals surface area contributed by atoms with Crippen LogP contribution in [0.5, 0.6) is 0 Å². The molecule has 0 aromatic carbocycles. The Morgan fingerprint density at radius 1 is 0.263 bits per heavy atom. The zero-order chi connectivity index (χ0) is 27.6. The number of unbranched alkanes of at least 4 members (excludes halogenated alkanes) is 30. The highest BCUT2D eigenvalue weighted by Crippen LogP contribution is 2.16. The van der Waals surface area contributed by atoms with E-state index in [9.17, 15) is 4.79 Å². The lowest BCUT2D eigenvalue weighted by atomic mass is 10.0. The molecule has 0 aliphatic rings. The number of rotatable bonds is 34. The second kappa shape index (κ2) is 34.7. The number of ketones is 1. The summed E-state index contributed by atoms with van der Waals surface area (Å²) in [6, 6.07) is 0. The van der Waals surface area contributed by atoms with E-state index in [1.165, 1.54) is 193 Å². The van der Waals surface area contributed by atoms with Gasteiger partial charge in [0.15, 0.2) is 0 Å². The molecule has 0 atom stereocenters. The minimum Gasteiger partial charge on any atom is -0.300 e. The predicted octanol–water partition coefficient (Wildman–Crippen LogP) is 13.9. The Labute approximate surface area is 242 Å². The van der Waals surface area contributed by atoms with E-state index in [2.05, 4.69) is 13.8 Å². The zero-order valence-corrected chi connectivity index (χ0v) is 26.9. The molecule has 0 radical (unpaired) electrons. The Bertz CT molecular complexity index is 428. The number of carbonyl (C=O) groups excluding carboxylic acids is 1. The molecule has 0 saturated carbocycles. The van der Waals surface area contributed by atoms with E-state index in [0.717, 1.165) is 25.7 Å². The number of hydrogen-bond acceptors (Lipinski definition) is 1. The maximum Gasteiger partial charge on any atom is 0.132 e. The van der Waals surface area contributed by atoms with Crippen LogP contribution in [0, 0.1) is 0 Å².